The third kappa shape index (κ3) is 4.75. The van der Waals surface area contributed by atoms with Crippen molar-refractivity contribution in [1.82, 2.24) is 15.2 Å². The highest BCUT2D eigenvalue weighted by Crippen LogP contribution is 2.43. The van der Waals surface area contributed by atoms with Gasteiger partial charge in [0, 0.05) is 51.5 Å². The van der Waals surface area contributed by atoms with Crippen molar-refractivity contribution in [3.8, 4) is 0 Å². The third-order valence-electron chi connectivity index (χ3n) is 5.55. The lowest BCUT2D eigenvalue weighted by Crippen LogP contribution is -2.54. The summed E-state index contributed by atoms with van der Waals surface area (Å²) in [5.41, 5.74) is 0.659. The van der Waals surface area contributed by atoms with Crippen LogP contribution in [0.5, 0.6) is 0 Å². The molecule has 0 bridgehead atoms. The van der Waals surface area contributed by atoms with Crippen LogP contribution in [-0.4, -0.2) is 55.2 Å². The average Bonchev–Trinajstić information content (AvgIpc) is 3.12. The van der Waals surface area contributed by atoms with Crippen molar-refractivity contribution in [1.29, 1.82) is 0 Å². The molecule has 1 N–H and O–H groups in total. The van der Waals surface area contributed by atoms with Gasteiger partial charge in [-0.15, -0.1) is 0 Å². The van der Waals surface area contributed by atoms with Crippen molar-refractivity contribution in [2.45, 2.75) is 53.0 Å². The highest BCUT2D eigenvalue weighted by molar-refractivity contribution is 9.10. The molecule has 3 fully saturated rings. The van der Waals surface area contributed by atoms with Gasteiger partial charge in [0.15, 0.2) is 0 Å². The molecule has 1 unspecified atom stereocenters. The van der Waals surface area contributed by atoms with Gasteiger partial charge in [-0.1, -0.05) is 27.7 Å². The molecule has 3 aliphatic rings. The molecule has 0 aromatic carbocycles. The van der Waals surface area contributed by atoms with E-state index in [1.807, 2.05) is 40.0 Å². The zero-order chi connectivity index (χ0) is 18.3. The van der Waals surface area contributed by atoms with Crippen LogP contribution in [0.3, 0.4) is 0 Å². The van der Waals surface area contributed by atoms with Gasteiger partial charge in [-0.2, -0.15) is 0 Å². The molecular weight excluding hydrogens is 376 g/mol. The van der Waals surface area contributed by atoms with Crippen molar-refractivity contribution in [3.05, 3.63) is 22.8 Å². The summed E-state index contributed by atoms with van der Waals surface area (Å²) in [5, 5.41) is 3.46. The van der Waals surface area contributed by atoms with Gasteiger partial charge in [0.05, 0.1) is 4.47 Å². The second kappa shape index (κ2) is 9.89. The van der Waals surface area contributed by atoms with E-state index in [0.717, 1.165) is 29.4 Å². The summed E-state index contributed by atoms with van der Waals surface area (Å²) in [7, 11) is 0. The molecule has 1 saturated carbocycles. The van der Waals surface area contributed by atoms with Crippen LogP contribution < -0.4 is 10.2 Å². The number of nitrogens with zero attached hydrogens (tertiary/aromatic N) is 3. The predicted octanol–water partition coefficient (Wildman–Crippen LogP) is 4.16. The number of hydrogen-bond acceptors (Lipinski definition) is 4. The topological polar surface area (TPSA) is 31.4 Å². The van der Waals surface area contributed by atoms with Gasteiger partial charge < -0.3 is 10.2 Å². The van der Waals surface area contributed by atoms with Crippen molar-refractivity contribution < 1.29 is 0 Å². The number of rotatable bonds is 2. The molecule has 1 aliphatic carbocycles. The maximum Gasteiger partial charge on any atom is 0.142 e. The number of pyridine rings is 1. The molecule has 2 saturated heterocycles. The molecule has 4 rings (SSSR count). The highest BCUT2D eigenvalue weighted by Gasteiger charge is 2.45. The first-order valence-electron chi connectivity index (χ1n) is 10.1. The first-order valence-corrected chi connectivity index (χ1v) is 10.9. The second-order valence-corrected chi connectivity index (χ2v) is 7.69. The molecule has 4 nitrogen and oxygen atoms in total. The molecule has 3 heterocycles. The largest absolute Gasteiger partial charge is 0.353 e. The number of aromatic nitrogens is 1. The highest BCUT2D eigenvalue weighted by atomic mass is 79.9. The predicted molar refractivity (Wildman–Crippen MR) is 111 cm³/mol. The first kappa shape index (κ1) is 20.7. The number of anilines is 1. The van der Waals surface area contributed by atoms with E-state index in [1.165, 1.54) is 45.4 Å². The van der Waals surface area contributed by atoms with Crippen LogP contribution in [0.4, 0.5) is 5.82 Å². The molecule has 0 radical (unpaired) electrons. The number of halogens is 1. The Labute approximate surface area is 162 Å². The van der Waals surface area contributed by atoms with Crippen LogP contribution in [0.1, 0.15) is 47.0 Å². The van der Waals surface area contributed by atoms with Crippen molar-refractivity contribution in [2.24, 2.45) is 5.41 Å². The Hall–Kier alpha value is -0.650. The van der Waals surface area contributed by atoms with Gasteiger partial charge in [-0.25, -0.2) is 4.98 Å². The monoisotopic (exact) mass is 410 g/mol. The molecule has 1 atom stereocenters. The Balaban J connectivity index is 0.000000528. The van der Waals surface area contributed by atoms with E-state index in [0.29, 0.717) is 5.41 Å². The average molecular weight is 411 g/mol. The Bertz CT molecular complexity index is 510. The minimum Gasteiger partial charge on any atom is -0.353 e. The fourth-order valence-electron chi connectivity index (χ4n) is 4.20. The van der Waals surface area contributed by atoms with Crippen LogP contribution in [0.25, 0.3) is 0 Å². The molecule has 0 amide bonds. The van der Waals surface area contributed by atoms with Crippen molar-refractivity contribution >= 4 is 21.7 Å². The SMILES string of the molecule is Brc1cccnc1N1CCN(C2CCC3(CNC3)C2)CC1.CC.CC. The van der Waals surface area contributed by atoms with E-state index in [-0.39, 0.29) is 0 Å². The summed E-state index contributed by atoms with van der Waals surface area (Å²) < 4.78 is 1.11. The second-order valence-electron chi connectivity index (χ2n) is 6.83. The maximum atomic E-state index is 4.52. The Morgan fingerprint density at radius 1 is 1.12 bits per heavy atom. The fraction of sp³-hybridized carbons (Fsp3) is 0.750. The van der Waals surface area contributed by atoms with Crippen LogP contribution in [0, 0.1) is 5.41 Å². The molecule has 1 aromatic rings. The minimum absolute atomic E-state index is 0.659. The lowest BCUT2D eigenvalue weighted by atomic mass is 9.80. The van der Waals surface area contributed by atoms with Crippen LogP contribution in [-0.2, 0) is 0 Å². The Morgan fingerprint density at radius 3 is 2.32 bits per heavy atom. The number of nitrogens with one attached hydrogen (secondary N) is 1. The lowest BCUT2D eigenvalue weighted by Gasteiger charge is -2.42. The van der Waals surface area contributed by atoms with Gasteiger partial charge in [0.2, 0.25) is 0 Å². The molecule has 5 heteroatoms. The summed E-state index contributed by atoms with van der Waals surface area (Å²) in [5.74, 6) is 1.10. The van der Waals surface area contributed by atoms with Gasteiger partial charge in [-0.3, -0.25) is 4.90 Å². The molecule has 1 spiro atoms. The fourth-order valence-corrected chi connectivity index (χ4v) is 4.70. The zero-order valence-corrected chi connectivity index (χ0v) is 18.0. The van der Waals surface area contributed by atoms with Crippen LogP contribution in [0.15, 0.2) is 22.8 Å². The summed E-state index contributed by atoms with van der Waals surface area (Å²) in [4.78, 5) is 9.66. The third-order valence-corrected chi connectivity index (χ3v) is 6.16. The quantitative estimate of drug-likeness (QED) is 0.792. The molecule has 142 valence electrons. The van der Waals surface area contributed by atoms with Crippen molar-refractivity contribution in [3.63, 3.8) is 0 Å². The van der Waals surface area contributed by atoms with Crippen LogP contribution in [0.2, 0.25) is 0 Å². The molecular formula is C20H35BrN4. The number of hydrogen-bond donors (Lipinski definition) is 1. The zero-order valence-electron chi connectivity index (χ0n) is 16.4. The van der Waals surface area contributed by atoms with Crippen LogP contribution >= 0.6 is 15.9 Å². The van der Waals surface area contributed by atoms with E-state index in [9.17, 15) is 0 Å². The van der Waals surface area contributed by atoms with Crippen molar-refractivity contribution in [2.75, 3.05) is 44.2 Å². The van der Waals surface area contributed by atoms with Gasteiger partial charge in [-0.05, 0) is 52.7 Å². The summed E-state index contributed by atoms with van der Waals surface area (Å²) in [6.07, 6.45) is 6.12. The van der Waals surface area contributed by atoms with E-state index in [1.54, 1.807) is 0 Å². The van der Waals surface area contributed by atoms with Gasteiger partial charge in [0.25, 0.3) is 0 Å². The van der Waals surface area contributed by atoms with E-state index >= 15 is 0 Å². The van der Waals surface area contributed by atoms with E-state index in [4.69, 9.17) is 0 Å². The molecule has 2 aliphatic heterocycles. The Kier molecular flexibility index (Phi) is 8.17. The molecule has 25 heavy (non-hydrogen) atoms. The summed E-state index contributed by atoms with van der Waals surface area (Å²) in [6, 6.07) is 4.88. The van der Waals surface area contributed by atoms with Gasteiger partial charge >= 0.3 is 0 Å². The summed E-state index contributed by atoms with van der Waals surface area (Å²) >= 11 is 3.62. The maximum absolute atomic E-state index is 4.52. The van der Waals surface area contributed by atoms with E-state index < -0.39 is 0 Å². The number of piperazine rings is 1. The summed E-state index contributed by atoms with van der Waals surface area (Å²) in [6.45, 7) is 15.1. The minimum atomic E-state index is 0.659. The standard InChI is InChI=1S/C16H23BrN4.2C2H6/c17-14-2-1-5-19-15(14)21-8-6-20(7-9-21)13-3-4-16(10-13)11-18-12-16;2*1-2/h1-2,5,13,18H,3-4,6-12H2;2*1-2H3. The lowest BCUT2D eigenvalue weighted by molar-refractivity contribution is 0.135. The van der Waals surface area contributed by atoms with E-state index in [2.05, 4.69) is 42.1 Å². The Morgan fingerprint density at radius 2 is 1.80 bits per heavy atom. The smallest absolute Gasteiger partial charge is 0.142 e. The van der Waals surface area contributed by atoms with Gasteiger partial charge in [0.1, 0.15) is 5.82 Å². The normalized spacial score (nSPS) is 24.7. The molecule has 1 aromatic heterocycles. The first-order chi connectivity index (χ1) is 12.3.